The lowest BCUT2D eigenvalue weighted by molar-refractivity contribution is 0.0781. The van der Waals surface area contributed by atoms with Crippen LogP contribution in [0.1, 0.15) is 21.7 Å². The third-order valence-electron chi connectivity index (χ3n) is 4.33. The molecule has 6 nitrogen and oxygen atoms in total. The van der Waals surface area contributed by atoms with Crippen molar-refractivity contribution < 1.29 is 4.79 Å². The van der Waals surface area contributed by atoms with E-state index < -0.39 is 0 Å². The average Bonchev–Trinajstić information content (AvgIpc) is 3.22. The van der Waals surface area contributed by atoms with Crippen LogP contribution in [0.2, 0.25) is 0 Å². The van der Waals surface area contributed by atoms with Crippen molar-refractivity contribution in [2.45, 2.75) is 17.2 Å². The summed E-state index contributed by atoms with van der Waals surface area (Å²) in [7, 11) is 1.70. The van der Waals surface area contributed by atoms with Gasteiger partial charge in [0.15, 0.2) is 0 Å². The molecular weight excluding hydrogens is 404 g/mol. The van der Waals surface area contributed by atoms with Crippen LogP contribution in [0, 0.1) is 0 Å². The molecule has 1 aromatic carbocycles. The van der Waals surface area contributed by atoms with Gasteiger partial charge in [0.2, 0.25) is 0 Å². The maximum atomic E-state index is 12.7. The van der Waals surface area contributed by atoms with Crippen molar-refractivity contribution in [1.82, 2.24) is 19.9 Å². The molecular formula is C21H18N4O2S2. The Balaban J connectivity index is 1.40. The Bertz CT molecular complexity index is 1190. The molecule has 0 atom stereocenters. The highest BCUT2D eigenvalue weighted by molar-refractivity contribution is 7.98. The largest absolute Gasteiger partial charge is 0.334 e. The Kier molecular flexibility index (Phi) is 5.73. The highest BCUT2D eigenvalue weighted by Gasteiger charge is 2.14. The number of thiophene rings is 1. The van der Waals surface area contributed by atoms with E-state index in [1.54, 1.807) is 29.9 Å². The summed E-state index contributed by atoms with van der Waals surface area (Å²) in [5.74, 6) is 1.17. The van der Waals surface area contributed by atoms with Gasteiger partial charge in [0.25, 0.3) is 11.5 Å². The first-order valence-electron chi connectivity index (χ1n) is 8.94. The number of rotatable bonds is 6. The fourth-order valence-electron chi connectivity index (χ4n) is 2.86. The number of aromatic nitrogens is 3. The van der Waals surface area contributed by atoms with Crippen molar-refractivity contribution >= 4 is 39.2 Å². The first-order chi connectivity index (χ1) is 14.1. The Labute approximate surface area is 175 Å². The quantitative estimate of drug-likeness (QED) is 0.476. The smallest absolute Gasteiger partial charge is 0.268 e. The first kappa shape index (κ1) is 19.4. The van der Waals surface area contributed by atoms with Crippen molar-refractivity contribution in [1.29, 1.82) is 0 Å². The zero-order chi connectivity index (χ0) is 20.2. The number of benzene rings is 1. The molecule has 4 rings (SSSR count). The molecule has 1 N–H and O–H groups in total. The summed E-state index contributed by atoms with van der Waals surface area (Å²) >= 11 is 3.05. The van der Waals surface area contributed by atoms with Crippen LogP contribution >= 0.6 is 23.1 Å². The number of amides is 1. The van der Waals surface area contributed by atoms with E-state index in [1.165, 1.54) is 11.3 Å². The second-order valence-electron chi connectivity index (χ2n) is 6.48. The molecule has 0 aliphatic carbocycles. The molecule has 0 bridgehead atoms. The highest BCUT2D eigenvalue weighted by atomic mass is 32.2. The van der Waals surface area contributed by atoms with Crippen molar-refractivity contribution in [2.75, 3.05) is 7.05 Å². The molecule has 146 valence electrons. The van der Waals surface area contributed by atoms with Crippen LogP contribution in [0.3, 0.4) is 0 Å². The lowest BCUT2D eigenvalue weighted by atomic mass is 10.2. The molecule has 3 aromatic heterocycles. The van der Waals surface area contributed by atoms with Gasteiger partial charge in [0, 0.05) is 35.7 Å². The minimum atomic E-state index is -0.171. The average molecular weight is 423 g/mol. The SMILES string of the molecule is CN(Cc1nc2ccsc2c(=O)[nH]1)C(=O)c1ccc(SCc2cccnc2)cc1. The topological polar surface area (TPSA) is 79.0 Å². The van der Waals surface area contributed by atoms with Gasteiger partial charge >= 0.3 is 0 Å². The van der Waals surface area contributed by atoms with Gasteiger partial charge in [0.05, 0.1) is 12.1 Å². The van der Waals surface area contributed by atoms with E-state index in [-0.39, 0.29) is 18.0 Å². The summed E-state index contributed by atoms with van der Waals surface area (Å²) in [5, 5.41) is 1.83. The summed E-state index contributed by atoms with van der Waals surface area (Å²) in [6, 6.07) is 13.3. The number of hydrogen-bond donors (Lipinski definition) is 1. The van der Waals surface area contributed by atoms with Gasteiger partial charge in [-0.05, 0) is 47.3 Å². The zero-order valence-corrected chi connectivity index (χ0v) is 17.3. The van der Waals surface area contributed by atoms with Crippen molar-refractivity contribution in [2.24, 2.45) is 0 Å². The van der Waals surface area contributed by atoms with Gasteiger partial charge < -0.3 is 9.88 Å². The van der Waals surface area contributed by atoms with Crippen LogP contribution in [0.25, 0.3) is 10.2 Å². The predicted molar refractivity (Wildman–Crippen MR) is 116 cm³/mol. The summed E-state index contributed by atoms with van der Waals surface area (Å²) in [5.41, 5.74) is 2.24. The summed E-state index contributed by atoms with van der Waals surface area (Å²) in [6.07, 6.45) is 3.61. The molecule has 0 fully saturated rings. The van der Waals surface area contributed by atoms with Crippen LogP contribution in [0.4, 0.5) is 0 Å². The third kappa shape index (κ3) is 4.55. The number of nitrogens with one attached hydrogen (secondary N) is 1. The lowest BCUT2D eigenvalue weighted by Gasteiger charge is -2.16. The molecule has 0 unspecified atom stereocenters. The van der Waals surface area contributed by atoms with E-state index in [1.807, 2.05) is 54.0 Å². The van der Waals surface area contributed by atoms with Gasteiger partial charge in [0.1, 0.15) is 10.5 Å². The number of carbonyl (C=O) groups is 1. The number of hydrogen-bond acceptors (Lipinski definition) is 6. The van der Waals surface area contributed by atoms with E-state index in [0.29, 0.717) is 21.6 Å². The first-order valence-corrected chi connectivity index (χ1v) is 10.8. The van der Waals surface area contributed by atoms with Crippen molar-refractivity contribution in [3.05, 3.63) is 87.5 Å². The number of thioether (sulfide) groups is 1. The Morgan fingerprint density at radius 2 is 2.03 bits per heavy atom. The minimum absolute atomic E-state index is 0.123. The van der Waals surface area contributed by atoms with Crippen molar-refractivity contribution in [3.8, 4) is 0 Å². The Morgan fingerprint density at radius 1 is 1.21 bits per heavy atom. The van der Waals surface area contributed by atoms with Gasteiger partial charge in [-0.1, -0.05) is 6.07 Å². The summed E-state index contributed by atoms with van der Waals surface area (Å²) < 4.78 is 0.599. The summed E-state index contributed by atoms with van der Waals surface area (Å²) in [4.78, 5) is 38.8. The number of nitrogens with zero attached hydrogens (tertiary/aromatic N) is 3. The number of aromatic amines is 1. The third-order valence-corrected chi connectivity index (χ3v) is 6.31. The molecule has 8 heteroatoms. The summed E-state index contributed by atoms with van der Waals surface area (Å²) in [6.45, 7) is 0.234. The molecule has 4 aromatic rings. The van der Waals surface area contributed by atoms with Gasteiger partial charge in [-0.2, -0.15) is 0 Å². The molecule has 1 amide bonds. The fourth-order valence-corrected chi connectivity index (χ4v) is 4.42. The van der Waals surface area contributed by atoms with E-state index in [0.717, 1.165) is 16.2 Å². The van der Waals surface area contributed by atoms with Gasteiger partial charge in [-0.25, -0.2) is 4.98 Å². The van der Waals surface area contributed by atoms with Crippen LogP contribution in [0.5, 0.6) is 0 Å². The van der Waals surface area contributed by atoms with E-state index in [4.69, 9.17) is 0 Å². The predicted octanol–water partition coefficient (Wildman–Crippen LogP) is 3.94. The zero-order valence-electron chi connectivity index (χ0n) is 15.7. The monoisotopic (exact) mass is 422 g/mol. The molecule has 0 radical (unpaired) electrons. The van der Waals surface area contributed by atoms with E-state index in [2.05, 4.69) is 15.0 Å². The number of H-pyrrole nitrogens is 1. The van der Waals surface area contributed by atoms with Crippen LogP contribution < -0.4 is 5.56 Å². The van der Waals surface area contributed by atoms with Crippen molar-refractivity contribution in [3.63, 3.8) is 0 Å². The molecule has 0 aliphatic heterocycles. The normalized spacial score (nSPS) is 10.9. The minimum Gasteiger partial charge on any atom is -0.334 e. The highest BCUT2D eigenvalue weighted by Crippen LogP contribution is 2.23. The van der Waals surface area contributed by atoms with Gasteiger partial charge in [-0.3, -0.25) is 14.6 Å². The molecule has 0 spiro atoms. The second-order valence-corrected chi connectivity index (χ2v) is 8.45. The van der Waals surface area contributed by atoms with Gasteiger partial charge in [-0.15, -0.1) is 23.1 Å². The number of pyridine rings is 1. The Morgan fingerprint density at radius 3 is 2.79 bits per heavy atom. The maximum absolute atomic E-state index is 12.7. The van der Waals surface area contributed by atoms with Crippen LogP contribution in [0.15, 0.2) is 69.9 Å². The maximum Gasteiger partial charge on any atom is 0.268 e. The van der Waals surface area contributed by atoms with E-state index >= 15 is 0 Å². The molecule has 0 saturated heterocycles. The fraction of sp³-hybridized carbons (Fsp3) is 0.143. The Hall–Kier alpha value is -2.97. The molecule has 0 aliphatic rings. The number of fused-ring (bicyclic) bond motifs is 1. The number of carbonyl (C=O) groups excluding carboxylic acids is 1. The lowest BCUT2D eigenvalue weighted by Crippen LogP contribution is -2.28. The van der Waals surface area contributed by atoms with Crippen LogP contribution in [-0.2, 0) is 12.3 Å². The molecule has 3 heterocycles. The second kappa shape index (κ2) is 8.59. The molecule has 0 saturated carbocycles. The van der Waals surface area contributed by atoms with Crippen LogP contribution in [-0.4, -0.2) is 32.8 Å². The molecule has 29 heavy (non-hydrogen) atoms. The van der Waals surface area contributed by atoms with E-state index in [9.17, 15) is 9.59 Å². The standard InChI is InChI=1S/C21H18N4O2S2/c1-25(12-18-23-17-8-10-28-19(17)20(26)24-18)21(27)15-4-6-16(7-5-15)29-13-14-3-2-9-22-11-14/h2-11H,12-13H2,1H3,(H,23,24,26).